The van der Waals surface area contributed by atoms with E-state index in [1.54, 1.807) is 6.92 Å². The minimum atomic E-state index is -1.09. The number of ether oxygens (including phenoxy) is 2. The maximum absolute atomic E-state index is 11.6. The van der Waals surface area contributed by atoms with Gasteiger partial charge < -0.3 is 9.47 Å². The molecular formula is C11H22O3Si. The standard InChI is InChI=1S/C11H22O3Si/c1-6-8-14-10(12)9(3)11(13-7-2)15(4)5/h15H,6-8H2,1-5H3. The molecule has 0 radical (unpaired) electrons. The summed E-state index contributed by atoms with van der Waals surface area (Å²) in [5.74, 6) is -0.235. The predicted molar refractivity (Wildman–Crippen MR) is 64.5 cm³/mol. The fourth-order valence-corrected chi connectivity index (χ4v) is 2.75. The average Bonchev–Trinajstić information content (AvgIpc) is 2.21. The molecular weight excluding hydrogens is 208 g/mol. The Morgan fingerprint density at radius 2 is 1.80 bits per heavy atom. The number of hydrogen-bond donors (Lipinski definition) is 0. The number of rotatable bonds is 6. The summed E-state index contributed by atoms with van der Waals surface area (Å²) in [5.41, 5.74) is 0.645. The van der Waals surface area contributed by atoms with Crippen LogP contribution >= 0.6 is 0 Å². The van der Waals surface area contributed by atoms with Crippen LogP contribution in [-0.2, 0) is 14.3 Å². The molecule has 0 spiro atoms. The van der Waals surface area contributed by atoms with Gasteiger partial charge in [-0.15, -0.1) is 0 Å². The van der Waals surface area contributed by atoms with Crippen LogP contribution in [0.3, 0.4) is 0 Å². The van der Waals surface area contributed by atoms with Gasteiger partial charge in [-0.05, 0) is 20.3 Å². The molecule has 4 heteroatoms. The SMILES string of the molecule is CCCOC(=O)C(C)=C(OCC)[SiH](C)C. The van der Waals surface area contributed by atoms with Gasteiger partial charge in [0.1, 0.15) is 8.80 Å². The van der Waals surface area contributed by atoms with Crippen molar-refractivity contribution in [1.29, 1.82) is 0 Å². The van der Waals surface area contributed by atoms with Crippen molar-refractivity contribution in [3.05, 3.63) is 11.0 Å². The highest BCUT2D eigenvalue weighted by Gasteiger charge is 2.16. The summed E-state index contributed by atoms with van der Waals surface area (Å²) >= 11 is 0. The van der Waals surface area contributed by atoms with E-state index < -0.39 is 8.80 Å². The summed E-state index contributed by atoms with van der Waals surface area (Å²) in [6.07, 6.45) is 0.849. The lowest BCUT2D eigenvalue weighted by Gasteiger charge is -2.14. The average molecular weight is 230 g/mol. The number of carbonyl (C=O) groups excluding carboxylic acids is 1. The third-order valence-corrected chi connectivity index (χ3v) is 3.59. The van der Waals surface area contributed by atoms with E-state index in [9.17, 15) is 4.79 Å². The molecule has 0 heterocycles. The highest BCUT2D eigenvalue weighted by atomic mass is 28.3. The lowest BCUT2D eigenvalue weighted by Crippen LogP contribution is -2.17. The van der Waals surface area contributed by atoms with Crippen LogP contribution < -0.4 is 0 Å². The molecule has 0 saturated heterocycles. The molecule has 88 valence electrons. The summed E-state index contributed by atoms with van der Waals surface area (Å²) in [4.78, 5) is 11.6. The summed E-state index contributed by atoms with van der Waals surface area (Å²) in [7, 11) is -1.09. The molecule has 0 aromatic rings. The van der Waals surface area contributed by atoms with Crippen molar-refractivity contribution >= 4 is 14.8 Å². The second-order valence-electron chi connectivity index (χ2n) is 3.71. The van der Waals surface area contributed by atoms with Gasteiger partial charge in [0.2, 0.25) is 0 Å². The van der Waals surface area contributed by atoms with Gasteiger partial charge in [0, 0.05) is 0 Å². The normalized spacial score (nSPS) is 12.4. The molecule has 0 fully saturated rings. The molecule has 15 heavy (non-hydrogen) atoms. The largest absolute Gasteiger partial charge is 0.503 e. The van der Waals surface area contributed by atoms with Crippen molar-refractivity contribution in [3.8, 4) is 0 Å². The molecule has 0 aliphatic rings. The Kier molecular flexibility index (Phi) is 7.12. The molecule has 0 N–H and O–H groups in total. The zero-order valence-electron chi connectivity index (χ0n) is 10.4. The maximum atomic E-state index is 11.6. The third kappa shape index (κ3) is 5.02. The van der Waals surface area contributed by atoms with Crippen molar-refractivity contribution in [1.82, 2.24) is 0 Å². The van der Waals surface area contributed by atoms with Crippen LogP contribution in [0.25, 0.3) is 0 Å². The van der Waals surface area contributed by atoms with Crippen LogP contribution in [0.15, 0.2) is 11.0 Å². The van der Waals surface area contributed by atoms with E-state index in [1.807, 2.05) is 13.8 Å². The molecule has 0 aliphatic heterocycles. The quantitative estimate of drug-likeness (QED) is 0.304. The van der Waals surface area contributed by atoms with Gasteiger partial charge in [0.05, 0.1) is 24.2 Å². The van der Waals surface area contributed by atoms with E-state index >= 15 is 0 Å². The first kappa shape index (κ1) is 14.2. The van der Waals surface area contributed by atoms with Crippen LogP contribution in [-0.4, -0.2) is 28.0 Å². The Hall–Kier alpha value is -0.773. The van der Waals surface area contributed by atoms with E-state index in [1.165, 1.54) is 0 Å². The fraction of sp³-hybridized carbons (Fsp3) is 0.727. The Bertz CT molecular complexity index is 234. The first-order valence-corrected chi connectivity index (χ1v) is 8.43. The lowest BCUT2D eigenvalue weighted by molar-refractivity contribution is -0.139. The molecule has 0 amide bonds. The van der Waals surface area contributed by atoms with Crippen LogP contribution in [0, 0.1) is 0 Å². The van der Waals surface area contributed by atoms with Gasteiger partial charge >= 0.3 is 5.97 Å². The Balaban J connectivity index is 4.60. The fourth-order valence-electron chi connectivity index (χ4n) is 1.27. The number of hydrogen-bond acceptors (Lipinski definition) is 3. The summed E-state index contributed by atoms with van der Waals surface area (Å²) in [6.45, 7) is 11.1. The molecule has 0 aromatic heterocycles. The Morgan fingerprint density at radius 3 is 2.20 bits per heavy atom. The summed E-state index contributed by atoms with van der Waals surface area (Å²) in [5, 5.41) is 0.874. The van der Waals surface area contributed by atoms with Gasteiger partial charge in [0.15, 0.2) is 0 Å². The minimum absolute atomic E-state index is 0.235. The van der Waals surface area contributed by atoms with Crippen molar-refractivity contribution in [3.63, 3.8) is 0 Å². The molecule has 0 bridgehead atoms. The monoisotopic (exact) mass is 230 g/mol. The Labute approximate surface area is 94.1 Å². The van der Waals surface area contributed by atoms with Gasteiger partial charge in [0.25, 0.3) is 0 Å². The van der Waals surface area contributed by atoms with Crippen LogP contribution in [0.2, 0.25) is 13.1 Å². The molecule has 0 atom stereocenters. The second kappa shape index (κ2) is 7.51. The van der Waals surface area contributed by atoms with Gasteiger partial charge in [-0.25, -0.2) is 4.79 Å². The van der Waals surface area contributed by atoms with Crippen molar-refractivity contribution in [2.24, 2.45) is 0 Å². The summed E-state index contributed by atoms with van der Waals surface area (Å²) in [6, 6.07) is 0. The zero-order chi connectivity index (χ0) is 11.8. The van der Waals surface area contributed by atoms with E-state index in [4.69, 9.17) is 9.47 Å². The van der Waals surface area contributed by atoms with Crippen LogP contribution in [0.5, 0.6) is 0 Å². The maximum Gasteiger partial charge on any atom is 0.336 e. The third-order valence-electron chi connectivity index (χ3n) is 1.94. The van der Waals surface area contributed by atoms with E-state index in [-0.39, 0.29) is 5.97 Å². The van der Waals surface area contributed by atoms with Crippen molar-refractivity contribution in [2.45, 2.75) is 40.3 Å². The van der Waals surface area contributed by atoms with Crippen molar-refractivity contribution in [2.75, 3.05) is 13.2 Å². The predicted octanol–water partition coefficient (Wildman–Crippen LogP) is 2.28. The van der Waals surface area contributed by atoms with Crippen LogP contribution in [0.4, 0.5) is 0 Å². The van der Waals surface area contributed by atoms with Gasteiger partial charge in [-0.1, -0.05) is 20.0 Å². The van der Waals surface area contributed by atoms with E-state index in [0.717, 1.165) is 11.8 Å². The highest BCUT2D eigenvalue weighted by Crippen LogP contribution is 2.11. The lowest BCUT2D eigenvalue weighted by atomic mass is 10.3. The molecule has 0 unspecified atom stereocenters. The molecule has 0 aliphatic carbocycles. The molecule has 0 saturated carbocycles. The number of esters is 1. The smallest absolute Gasteiger partial charge is 0.336 e. The Morgan fingerprint density at radius 1 is 1.20 bits per heavy atom. The number of carbonyl (C=O) groups is 1. The highest BCUT2D eigenvalue weighted by molar-refractivity contribution is 6.63. The molecule has 0 rings (SSSR count). The second-order valence-corrected chi connectivity index (χ2v) is 6.55. The molecule has 0 aromatic carbocycles. The minimum Gasteiger partial charge on any atom is -0.503 e. The topological polar surface area (TPSA) is 35.5 Å². The molecule has 3 nitrogen and oxygen atoms in total. The van der Waals surface area contributed by atoms with Gasteiger partial charge in [-0.2, -0.15) is 0 Å². The van der Waals surface area contributed by atoms with E-state index in [0.29, 0.717) is 18.8 Å². The van der Waals surface area contributed by atoms with E-state index in [2.05, 4.69) is 13.1 Å². The van der Waals surface area contributed by atoms with Crippen LogP contribution in [0.1, 0.15) is 27.2 Å². The zero-order valence-corrected chi connectivity index (χ0v) is 11.6. The first-order valence-electron chi connectivity index (χ1n) is 5.55. The van der Waals surface area contributed by atoms with Gasteiger partial charge in [-0.3, -0.25) is 0 Å². The first-order chi connectivity index (χ1) is 7.04. The summed E-state index contributed by atoms with van der Waals surface area (Å²) < 4.78 is 10.6. The van der Waals surface area contributed by atoms with Crippen molar-refractivity contribution < 1.29 is 14.3 Å².